The molecule has 3 aliphatic rings. The maximum absolute atomic E-state index is 13.3. The first-order valence-electron chi connectivity index (χ1n) is 10.0. The van der Waals surface area contributed by atoms with Gasteiger partial charge >= 0.3 is 0 Å². The lowest BCUT2D eigenvalue weighted by Crippen LogP contribution is -2.47. The summed E-state index contributed by atoms with van der Waals surface area (Å²) in [5.41, 5.74) is 1.95. The van der Waals surface area contributed by atoms with Crippen LogP contribution in [0.25, 0.3) is 5.57 Å². The third-order valence-corrected chi connectivity index (χ3v) is 5.77. The zero-order valence-corrected chi connectivity index (χ0v) is 16.5. The van der Waals surface area contributed by atoms with E-state index in [1.165, 1.54) is 4.90 Å². The van der Waals surface area contributed by atoms with E-state index in [-0.39, 0.29) is 11.8 Å². The molecule has 28 heavy (non-hydrogen) atoms. The summed E-state index contributed by atoms with van der Waals surface area (Å²) in [6, 6.07) is 9.59. The van der Waals surface area contributed by atoms with Crippen LogP contribution < -0.4 is 0 Å². The van der Waals surface area contributed by atoms with Crippen LogP contribution in [0.4, 0.5) is 0 Å². The molecule has 0 unspecified atom stereocenters. The fourth-order valence-electron chi connectivity index (χ4n) is 4.02. The molecule has 7 nitrogen and oxygen atoms in total. The lowest BCUT2D eigenvalue weighted by Gasteiger charge is -2.34. The summed E-state index contributed by atoms with van der Waals surface area (Å²) in [5, 5.41) is 0. The number of amides is 2. The summed E-state index contributed by atoms with van der Waals surface area (Å²) in [4.78, 5) is 34.6. The fraction of sp³-hybridized carbons (Fsp3) is 0.524. The molecule has 2 saturated heterocycles. The number of hydrogen-bond donors (Lipinski definition) is 0. The average molecular weight is 384 g/mol. The number of nitrogens with zero attached hydrogens (tertiary/aromatic N) is 4. The fourth-order valence-corrected chi connectivity index (χ4v) is 4.02. The highest BCUT2D eigenvalue weighted by Gasteiger charge is 2.41. The van der Waals surface area contributed by atoms with E-state index in [1.807, 2.05) is 30.3 Å². The molecule has 0 radical (unpaired) electrons. The van der Waals surface area contributed by atoms with Crippen molar-refractivity contribution in [2.75, 3.05) is 72.6 Å². The van der Waals surface area contributed by atoms with Gasteiger partial charge in [-0.25, -0.2) is 0 Å². The van der Waals surface area contributed by atoms with E-state index >= 15 is 0 Å². The van der Waals surface area contributed by atoms with Crippen molar-refractivity contribution in [3.05, 3.63) is 41.6 Å². The molecule has 3 heterocycles. The Bertz CT molecular complexity index is 750. The third kappa shape index (κ3) is 3.83. The quantitative estimate of drug-likeness (QED) is 0.683. The van der Waals surface area contributed by atoms with Crippen LogP contribution in [0, 0.1) is 0 Å². The minimum atomic E-state index is -0.168. The second kappa shape index (κ2) is 8.43. The number of rotatable bonds is 5. The number of morpholine rings is 1. The molecule has 1 aromatic rings. The molecule has 0 aliphatic carbocycles. The topological polar surface area (TPSA) is 56.3 Å². The number of ether oxygens (including phenoxy) is 1. The van der Waals surface area contributed by atoms with E-state index in [9.17, 15) is 9.59 Å². The Morgan fingerprint density at radius 2 is 1.54 bits per heavy atom. The number of imide groups is 1. The first-order valence-corrected chi connectivity index (χ1v) is 10.0. The molecule has 1 aromatic carbocycles. The Kier molecular flexibility index (Phi) is 5.75. The number of carbonyl (C=O) groups is 2. The molecule has 0 spiro atoms. The minimum absolute atomic E-state index is 0.151. The predicted molar refractivity (Wildman–Crippen MR) is 106 cm³/mol. The van der Waals surface area contributed by atoms with Crippen molar-refractivity contribution in [1.82, 2.24) is 19.6 Å². The summed E-state index contributed by atoms with van der Waals surface area (Å²) < 4.78 is 5.39. The molecule has 0 aromatic heterocycles. The van der Waals surface area contributed by atoms with Gasteiger partial charge in [0.05, 0.1) is 18.8 Å². The summed E-state index contributed by atoms with van der Waals surface area (Å²) in [5.74, 6) is -0.319. The molecule has 0 bridgehead atoms. The zero-order chi connectivity index (χ0) is 19.5. The highest BCUT2D eigenvalue weighted by molar-refractivity contribution is 6.35. The van der Waals surface area contributed by atoms with Gasteiger partial charge in [0.1, 0.15) is 5.70 Å². The van der Waals surface area contributed by atoms with Gasteiger partial charge in [-0.3, -0.25) is 19.4 Å². The van der Waals surface area contributed by atoms with Crippen LogP contribution in [0.1, 0.15) is 5.56 Å². The highest BCUT2D eigenvalue weighted by Crippen LogP contribution is 2.32. The number of benzene rings is 1. The highest BCUT2D eigenvalue weighted by atomic mass is 16.5. The minimum Gasteiger partial charge on any atom is -0.379 e. The Balaban J connectivity index is 1.58. The van der Waals surface area contributed by atoms with E-state index in [4.69, 9.17) is 4.74 Å². The maximum atomic E-state index is 13.3. The van der Waals surface area contributed by atoms with Gasteiger partial charge in [-0.1, -0.05) is 30.3 Å². The summed E-state index contributed by atoms with van der Waals surface area (Å²) in [6.45, 7) is 7.54. The Hall–Kier alpha value is -2.22. The van der Waals surface area contributed by atoms with Crippen molar-refractivity contribution in [3.63, 3.8) is 0 Å². The SMILES string of the molecule is CN1CCN(C2=C(c3ccccc3)C(=O)N(CCN3CCOCC3)C2=O)CC1. The van der Waals surface area contributed by atoms with Crippen LogP contribution in [-0.4, -0.2) is 104 Å². The molecule has 4 rings (SSSR count). The smallest absolute Gasteiger partial charge is 0.277 e. The van der Waals surface area contributed by atoms with Gasteiger partial charge in [0, 0.05) is 52.4 Å². The van der Waals surface area contributed by atoms with Gasteiger partial charge in [-0.05, 0) is 12.6 Å². The second-order valence-electron chi connectivity index (χ2n) is 7.60. The van der Waals surface area contributed by atoms with Crippen molar-refractivity contribution in [1.29, 1.82) is 0 Å². The average Bonchev–Trinajstić information content (AvgIpc) is 2.98. The normalized spacial score (nSPS) is 22.5. The molecule has 0 saturated carbocycles. The lowest BCUT2D eigenvalue weighted by atomic mass is 10.0. The van der Waals surface area contributed by atoms with Gasteiger partial charge in [-0.15, -0.1) is 0 Å². The molecular formula is C21H28N4O3. The molecule has 0 atom stereocenters. The van der Waals surface area contributed by atoms with Crippen LogP contribution >= 0.6 is 0 Å². The van der Waals surface area contributed by atoms with Crippen molar-refractivity contribution >= 4 is 17.4 Å². The molecule has 2 amide bonds. The number of carbonyl (C=O) groups excluding carboxylic acids is 2. The molecule has 150 valence electrons. The van der Waals surface area contributed by atoms with Crippen LogP contribution in [0.2, 0.25) is 0 Å². The molecular weight excluding hydrogens is 356 g/mol. The lowest BCUT2D eigenvalue weighted by molar-refractivity contribution is -0.138. The van der Waals surface area contributed by atoms with Gasteiger partial charge < -0.3 is 14.5 Å². The first-order chi connectivity index (χ1) is 13.6. The first kappa shape index (κ1) is 19.1. The van der Waals surface area contributed by atoms with E-state index in [0.29, 0.717) is 37.6 Å². The molecule has 0 N–H and O–H groups in total. The van der Waals surface area contributed by atoms with E-state index < -0.39 is 0 Å². The van der Waals surface area contributed by atoms with Crippen LogP contribution in [0.5, 0.6) is 0 Å². The molecule has 2 fully saturated rings. The van der Waals surface area contributed by atoms with Crippen molar-refractivity contribution in [2.45, 2.75) is 0 Å². The summed E-state index contributed by atoms with van der Waals surface area (Å²) >= 11 is 0. The molecule has 3 aliphatic heterocycles. The molecule has 7 heteroatoms. The summed E-state index contributed by atoms with van der Waals surface area (Å²) in [6.07, 6.45) is 0. The van der Waals surface area contributed by atoms with Crippen molar-refractivity contribution in [3.8, 4) is 0 Å². The van der Waals surface area contributed by atoms with E-state index in [2.05, 4.69) is 21.7 Å². The Morgan fingerprint density at radius 1 is 0.857 bits per heavy atom. The number of likely N-dealkylation sites (N-methyl/N-ethyl adjacent to an activating group) is 1. The van der Waals surface area contributed by atoms with Crippen LogP contribution in [0.3, 0.4) is 0 Å². The Morgan fingerprint density at radius 3 is 2.21 bits per heavy atom. The third-order valence-electron chi connectivity index (χ3n) is 5.77. The standard InChI is InChI=1S/C21H28N4O3/c1-22-7-10-24(11-8-22)19-18(17-5-3-2-4-6-17)20(26)25(21(19)27)12-9-23-13-15-28-16-14-23/h2-6H,7-16H2,1H3. The van der Waals surface area contributed by atoms with Gasteiger partial charge in [0.25, 0.3) is 11.8 Å². The van der Waals surface area contributed by atoms with Crippen molar-refractivity contribution in [2.24, 2.45) is 0 Å². The predicted octanol–water partition coefficient (Wildman–Crippen LogP) is 0.346. The number of hydrogen-bond acceptors (Lipinski definition) is 6. The van der Waals surface area contributed by atoms with Crippen LogP contribution in [0.15, 0.2) is 36.0 Å². The van der Waals surface area contributed by atoms with Gasteiger partial charge in [0.2, 0.25) is 0 Å². The van der Waals surface area contributed by atoms with Crippen molar-refractivity contribution < 1.29 is 14.3 Å². The van der Waals surface area contributed by atoms with Gasteiger partial charge in [0.15, 0.2) is 0 Å². The Labute approximate surface area is 166 Å². The maximum Gasteiger partial charge on any atom is 0.277 e. The van der Waals surface area contributed by atoms with E-state index in [1.54, 1.807) is 0 Å². The monoisotopic (exact) mass is 384 g/mol. The second-order valence-corrected chi connectivity index (χ2v) is 7.60. The van der Waals surface area contributed by atoms with Gasteiger partial charge in [-0.2, -0.15) is 0 Å². The summed E-state index contributed by atoms with van der Waals surface area (Å²) in [7, 11) is 2.08. The zero-order valence-electron chi connectivity index (χ0n) is 16.5. The largest absolute Gasteiger partial charge is 0.379 e. The number of piperazine rings is 1. The van der Waals surface area contributed by atoms with E-state index in [0.717, 1.165) is 44.8 Å². The van der Waals surface area contributed by atoms with Crippen LogP contribution in [-0.2, 0) is 14.3 Å².